The van der Waals surface area contributed by atoms with Crippen LogP contribution in [0.15, 0.2) is 30.6 Å². The second-order valence-corrected chi connectivity index (χ2v) is 6.99. The smallest absolute Gasteiger partial charge is 0.319 e. The Kier molecular flexibility index (Phi) is 5.78. The molecule has 27 heavy (non-hydrogen) atoms. The number of carbonyl (C=O) groups is 2. The number of nitrogens with one attached hydrogen (secondary N) is 2. The highest BCUT2D eigenvalue weighted by Crippen LogP contribution is 2.28. The van der Waals surface area contributed by atoms with E-state index in [2.05, 4.69) is 22.5 Å². The van der Waals surface area contributed by atoms with Crippen molar-refractivity contribution in [1.82, 2.24) is 14.9 Å². The fraction of sp³-hybridized carbons (Fsp3) is 0.450. The normalized spacial score (nSPS) is 15.1. The van der Waals surface area contributed by atoms with E-state index in [1.165, 1.54) is 0 Å². The molecule has 0 radical (unpaired) electrons. The maximum atomic E-state index is 12.5. The van der Waals surface area contributed by atoms with Gasteiger partial charge in [-0.2, -0.15) is 0 Å². The Morgan fingerprint density at radius 1 is 1.37 bits per heavy atom. The van der Waals surface area contributed by atoms with Crippen LogP contribution >= 0.6 is 0 Å². The maximum absolute atomic E-state index is 12.5. The molecule has 3 rings (SSSR count). The number of benzene rings is 1. The maximum Gasteiger partial charge on any atom is 0.319 e. The van der Waals surface area contributed by atoms with Crippen LogP contribution in [0.2, 0.25) is 0 Å². The van der Waals surface area contributed by atoms with Crippen molar-refractivity contribution in [2.75, 3.05) is 16.8 Å². The number of aromatic nitrogens is 2. The van der Waals surface area contributed by atoms with Crippen LogP contribution in [0, 0.1) is 6.92 Å². The van der Waals surface area contributed by atoms with Gasteiger partial charge in [0.05, 0.1) is 6.04 Å². The molecule has 7 nitrogen and oxygen atoms in total. The zero-order chi connectivity index (χ0) is 19.4. The number of hydrogen-bond donors (Lipinski definition) is 2. The van der Waals surface area contributed by atoms with Gasteiger partial charge >= 0.3 is 6.03 Å². The predicted octanol–water partition coefficient (Wildman–Crippen LogP) is 3.52. The molecule has 1 fully saturated rings. The van der Waals surface area contributed by atoms with Gasteiger partial charge in [-0.05, 0) is 37.5 Å². The Bertz CT molecular complexity index is 830. The Hall–Kier alpha value is -2.83. The highest BCUT2D eigenvalue weighted by Gasteiger charge is 2.23. The van der Waals surface area contributed by atoms with Gasteiger partial charge in [-0.15, -0.1) is 0 Å². The van der Waals surface area contributed by atoms with Gasteiger partial charge in [0.25, 0.3) is 0 Å². The van der Waals surface area contributed by atoms with Gasteiger partial charge in [-0.3, -0.25) is 4.79 Å². The molecule has 2 N–H and O–H groups in total. The van der Waals surface area contributed by atoms with Crippen molar-refractivity contribution in [1.29, 1.82) is 0 Å². The predicted molar refractivity (Wildman–Crippen MR) is 106 cm³/mol. The standard InChI is InChI=1S/C20H27N5O2/c1-4-6-16(19-21-10-12-24(19)3)23-20(27)22-15-9-8-14(2)17(13-15)25-11-5-7-18(25)26/h8-10,12-13,16H,4-7,11H2,1-3H3,(H2,22,23,27)/t16-/m1/s1. The van der Waals surface area contributed by atoms with E-state index in [0.29, 0.717) is 12.1 Å². The third kappa shape index (κ3) is 4.30. The average Bonchev–Trinajstić information content (AvgIpc) is 3.24. The van der Waals surface area contributed by atoms with Gasteiger partial charge in [-0.1, -0.05) is 19.4 Å². The van der Waals surface area contributed by atoms with Gasteiger partial charge < -0.3 is 20.1 Å². The van der Waals surface area contributed by atoms with Crippen LogP contribution in [0.1, 0.15) is 50.0 Å². The van der Waals surface area contributed by atoms with Crippen molar-refractivity contribution >= 4 is 23.3 Å². The summed E-state index contributed by atoms with van der Waals surface area (Å²) in [6.07, 6.45) is 6.80. The topological polar surface area (TPSA) is 79.3 Å². The number of nitrogens with zero attached hydrogens (tertiary/aromatic N) is 3. The minimum absolute atomic E-state index is 0.137. The third-order valence-electron chi connectivity index (χ3n) is 4.88. The average molecular weight is 369 g/mol. The van der Waals surface area contributed by atoms with E-state index in [1.807, 2.05) is 42.9 Å². The number of anilines is 2. The third-order valence-corrected chi connectivity index (χ3v) is 4.88. The number of urea groups is 1. The molecule has 1 aromatic heterocycles. The lowest BCUT2D eigenvalue weighted by atomic mass is 10.1. The molecule has 1 aliphatic heterocycles. The minimum Gasteiger partial charge on any atom is -0.336 e. The molecule has 1 saturated heterocycles. The summed E-state index contributed by atoms with van der Waals surface area (Å²) in [6.45, 7) is 4.78. The zero-order valence-electron chi connectivity index (χ0n) is 16.2. The summed E-state index contributed by atoms with van der Waals surface area (Å²) in [7, 11) is 1.92. The van der Waals surface area contributed by atoms with E-state index in [0.717, 1.165) is 42.9 Å². The summed E-state index contributed by atoms with van der Waals surface area (Å²) in [5.41, 5.74) is 2.56. The summed E-state index contributed by atoms with van der Waals surface area (Å²) in [4.78, 5) is 30.8. The quantitative estimate of drug-likeness (QED) is 0.818. The van der Waals surface area contributed by atoms with Crippen LogP contribution in [0.5, 0.6) is 0 Å². The molecule has 0 saturated carbocycles. The van der Waals surface area contributed by atoms with E-state index in [-0.39, 0.29) is 18.0 Å². The molecular weight excluding hydrogens is 342 g/mol. The first-order chi connectivity index (χ1) is 13.0. The molecule has 0 aliphatic carbocycles. The monoisotopic (exact) mass is 369 g/mol. The van der Waals surface area contributed by atoms with Crippen molar-refractivity contribution in [3.63, 3.8) is 0 Å². The van der Waals surface area contributed by atoms with Crippen LogP contribution in [-0.2, 0) is 11.8 Å². The van der Waals surface area contributed by atoms with Crippen LogP contribution < -0.4 is 15.5 Å². The molecule has 3 amide bonds. The lowest BCUT2D eigenvalue weighted by Gasteiger charge is -2.21. The SMILES string of the molecule is CCC[C@@H](NC(=O)Nc1ccc(C)c(N2CCCC2=O)c1)c1nccn1C. The Labute approximate surface area is 159 Å². The number of imidazole rings is 1. The molecule has 0 spiro atoms. The van der Waals surface area contributed by atoms with Gasteiger partial charge in [0, 0.05) is 43.8 Å². The minimum atomic E-state index is -0.279. The number of hydrogen-bond acceptors (Lipinski definition) is 3. The van der Waals surface area contributed by atoms with Gasteiger partial charge in [0.2, 0.25) is 5.91 Å². The molecule has 2 heterocycles. The lowest BCUT2D eigenvalue weighted by molar-refractivity contribution is -0.117. The first-order valence-corrected chi connectivity index (χ1v) is 9.45. The highest BCUT2D eigenvalue weighted by molar-refractivity contribution is 5.97. The fourth-order valence-electron chi connectivity index (χ4n) is 3.47. The second-order valence-electron chi connectivity index (χ2n) is 6.99. The van der Waals surface area contributed by atoms with Crippen LogP contribution in [0.4, 0.5) is 16.2 Å². The molecule has 1 aliphatic rings. The largest absolute Gasteiger partial charge is 0.336 e. The second kappa shape index (κ2) is 8.24. The number of amides is 3. The Morgan fingerprint density at radius 2 is 2.19 bits per heavy atom. The van der Waals surface area contributed by atoms with E-state index < -0.39 is 0 Å². The Morgan fingerprint density at radius 3 is 2.81 bits per heavy atom. The lowest BCUT2D eigenvalue weighted by Crippen LogP contribution is -2.34. The van der Waals surface area contributed by atoms with Crippen LogP contribution in [-0.4, -0.2) is 28.0 Å². The Balaban J connectivity index is 1.71. The van der Waals surface area contributed by atoms with Crippen molar-refractivity contribution in [3.8, 4) is 0 Å². The zero-order valence-corrected chi connectivity index (χ0v) is 16.2. The molecule has 0 unspecified atom stereocenters. The van der Waals surface area contributed by atoms with Crippen LogP contribution in [0.3, 0.4) is 0 Å². The summed E-state index contributed by atoms with van der Waals surface area (Å²) in [5.74, 6) is 0.969. The van der Waals surface area contributed by atoms with E-state index in [1.54, 1.807) is 11.1 Å². The first-order valence-electron chi connectivity index (χ1n) is 9.45. The van der Waals surface area contributed by atoms with Crippen molar-refractivity contribution in [2.45, 2.75) is 45.6 Å². The first kappa shape index (κ1) is 18.9. The highest BCUT2D eigenvalue weighted by atomic mass is 16.2. The molecular formula is C20H27N5O2. The number of rotatable bonds is 6. The molecule has 144 valence electrons. The summed E-state index contributed by atoms with van der Waals surface area (Å²) < 4.78 is 1.92. The fourth-order valence-corrected chi connectivity index (χ4v) is 3.47. The van der Waals surface area contributed by atoms with Crippen molar-refractivity contribution in [2.24, 2.45) is 7.05 Å². The van der Waals surface area contributed by atoms with Crippen LogP contribution in [0.25, 0.3) is 0 Å². The molecule has 1 aromatic carbocycles. The van der Waals surface area contributed by atoms with E-state index >= 15 is 0 Å². The summed E-state index contributed by atoms with van der Waals surface area (Å²) in [6, 6.07) is 5.22. The summed E-state index contributed by atoms with van der Waals surface area (Å²) >= 11 is 0. The van der Waals surface area contributed by atoms with Gasteiger partial charge in [0.15, 0.2) is 0 Å². The van der Waals surface area contributed by atoms with E-state index in [4.69, 9.17) is 0 Å². The molecule has 1 atom stereocenters. The van der Waals surface area contributed by atoms with Gasteiger partial charge in [0.1, 0.15) is 5.82 Å². The summed E-state index contributed by atoms with van der Waals surface area (Å²) in [5, 5.41) is 5.90. The number of aryl methyl sites for hydroxylation is 2. The molecule has 2 aromatic rings. The molecule has 7 heteroatoms. The van der Waals surface area contributed by atoms with Crippen molar-refractivity contribution in [3.05, 3.63) is 42.0 Å². The van der Waals surface area contributed by atoms with E-state index in [9.17, 15) is 9.59 Å². The number of carbonyl (C=O) groups excluding carboxylic acids is 2. The van der Waals surface area contributed by atoms with Crippen molar-refractivity contribution < 1.29 is 9.59 Å². The van der Waals surface area contributed by atoms with Gasteiger partial charge in [-0.25, -0.2) is 9.78 Å². The molecule has 0 bridgehead atoms.